The van der Waals surface area contributed by atoms with Gasteiger partial charge in [0.2, 0.25) is 0 Å². The van der Waals surface area contributed by atoms with Crippen LogP contribution < -0.4 is 5.32 Å². The normalized spacial score (nSPS) is 10.4. The maximum atomic E-state index is 13.5. The Morgan fingerprint density at radius 3 is 2.60 bits per heavy atom. The van der Waals surface area contributed by atoms with Crippen LogP contribution in [-0.4, -0.2) is 11.0 Å². The van der Waals surface area contributed by atoms with Gasteiger partial charge in [0.05, 0.1) is 4.47 Å². The Kier molecular flexibility index (Phi) is 4.04. The minimum absolute atomic E-state index is 0.207. The van der Waals surface area contributed by atoms with Crippen LogP contribution in [0.3, 0.4) is 0 Å². The van der Waals surface area contributed by atoms with Crippen LogP contribution in [0.1, 0.15) is 15.9 Å². The number of halogens is 3. The Labute approximate surface area is 122 Å². The van der Waals surface area contributed by atoms with E-state index in [1.54, 1.807) is 6.92 Å². The van der Waals surface area contributed by atoms with Crippen molar-refractivity contribution < 1.29 is 18.7 Å². The van der Waals surface area contributed by atoms with Crippen molar-refractivity contribution in [2.24, 2.45) is 0 Å². The van der Waals surface area contributed by atoms with E-state index in [9.17, 15) is 18.7 Å². The van der Waals surface area contributed by atoms with E-state index in [1.807, 2.05) is 0 Å². The van der Waals surface area contributed by atoms with Gasteiger partial charge in [-0.2, -0.15) is 0 Å². The molecule has 0 bridgehead atoms. The Bertz CT molecular complexity index is 669. The van der Waals surface area contributed by atoms with Crippen LogP contribution in [0.4, 0.5) is 14.5 Å². The smallest absolute Gasteiger partial charge is 0.262 e. The maximum absolute atomic E-state index is 13.5. The minimum Gasteiger partial charge on any atom is -0.507 e. The summed E-state index contributed by atoms with van der Waals surface area (Å²) in [5, 5.41) is 11.9. The highest BCUT2D eigenvalue weighted by Gasteiger charge is 2.17. The standard InChI is InChI=1S/C14H10BrF2NO2/c1-7-5-8(15)10(17)6-11(7)18-14(20)13-9(16)3-2-4-12(13)19/h2-6,19H,1H3,(H,18,20). The lowest BCUT2D eigenvalue weighted by atomic mass is 10.1. The Morgan fingerprint density at radius 2 is 1.95 bits per heavy atom. The highest BCUT2D eigenvalue weighted by molar-refractivity contribution is 9.10. The summed E-state index contributed by atoms with van der Waals surface area (Å²) >= 11 is 3.03. The fourth-order valence-corrected chi connectivity index (χ4v) is 2.16. The molecule has 0 unspecified atom stereocenters. The van der Waals surface area contributed by atoms with Crippen LogP contribution in [0.25, 0.3) is 0 Å². The summed E-state index contributed by atoms with van der Waals surface area (Å²) in [5.74, 6) is -2.72. The van der Waals surface area contributed by atoms with E-state index in [1.165, 1.54) is 18.2 Å². The van der Waals surface area contributed by atoms with Gasteiger partial charge in [0.25, 0.3) is 5.91 Å². The summed E-state index contributed by atoms with van der Waals surface area (Å²) in [6, 6.07) is 6.16. The lowest BCUT2D eigenvalue weighted by Gasteiger charge is -2.11. The fraction of sp³-hybridized carbons (Fsp3) is 0.0714. The molecule has 0 radical (unpaired) electrons. The molecule has 0 spiro atoms. The second-order valence-electron chi connectivity index (χ2n) is 4.17. The van der Waals surface area contributed by atoms with Crippen molar-refractivity contribution in [3.63, 3.8) is 0 Å². The van der Waals surface area contributed by atoms with Crippen LogP contribution in [0.5, 0.6) is 5.75 Å². The maximum Gasteiger partial charge on any atom is 0.262 e. The molecule has 2 N–H and O–H groups in total. The van der Waals surface area contributed by atoms with Crippen LogP contribution in [-0.2, 0) is 0 Å². The quantitative estimate of drug-likeness (QED) is 0.867. The van der Waals surface area contributed by atoms with Gasteiger partial charge < -0.3 is 10.4 Å². The van der Waals surface area contributed by atoms with Crippen molar-refractivity contribution in [2.45, 2.75) is 6.92 Å². The number of carbonyl (C=O) groups excluding carboxylic acids is 1. The summed E-state index contributed by atoms with van der Waals surface area (Å²) in [4.78, 5) is 12.0. The van der Waals surface area contributed by atoms with E-state index in [2.05, 4.69) is 21.2 Å². The number of aryl methyl sites for hydroxylation is 1. The third-order valence-corrected chi connectivity index (χ3v) is 3.34. The lowest BCUT2D eigenvalue weighted by Crippen LogP contribution is -2.15. The number of carbonyl (C=O) groups is 1. The minimum atomic E-state index is -0.849. The Balaban J connectivity index is 2.35. The van der Waals surface area contributed by atoms with Gasteiger partial charge in [0, 0.05) is 5.69 Å². The number of phenols is 1. The molecule has 0 saturated heterocycles. The first-order valence-electron chi connectivity index (χ1n) is 5.64. The average molecular weight is 342 g/mol. The van der Waals surface area contributed by atoms with Gasteiger partial charge in [-0.25, -0.2) is 8.78 Å². The molecule has 2 aromatic carbocycles. The molecule has 3 nitrogen and oxygen atoms in total. The molecule has 0 atom stereocenters. The molecule has 0 heterocycles. The van der Waals surface area contributed by atoms with Crippen LogP contribution in [0.2, 0.25) is 0 Å². The Hall–Kier alpha value is -1.95. The number of hydrogen-bond acceptors (Lipinski definition) is 2. The number of hydrogen-bond donors (Lipinski definition) is 2. The first-order chi connectivity index (χ1) is 9.40. The molecule has 1 amide bonds. The van der Waals surface area contributed by atoms with Crippen LogP contribution in [0.15, 0.2) is 34.8 Å². The van der Waals surface area contributed by atoms with Crippen LogP contribution >= 0.6 is 15.9 Å². The number of aromatic hydroxyl groups is 1. The molecule has 0 aromatic heterocycles. The Morgan fingerprint density at radius 1 is 1.25 bits per heavy atom. The van der Waals surface area contributed by atoms with Crippen molar-refractivity contribution in [1.82, 2.24) is 0 Å². The first kappa shape index (κ1) is 14.5. The second kappa shape index (κ2) is 5.58. The van der Waals surface area contributed by atoms with Crippen molar-refractivity contribution in [1.29, 1.82) is 0 Å². The molecule has 0 aliphatic carbocycles. The third kappa shape index (κ3) is 2.80. The van der Waals surface area contributed by atoms with E-state index in [0.29, 0.717) is 5.56 Å². The lowest BCUT2D eigenvalue weighted by molar-refractivity contribution is 0.102. The summed E-state index contributed by atoms with van der Waals surface area (Å²) in [5.41, 5.74) is 0.330. The van der Waals surface area contributed by atoms with E-state index in [0.717, 1.165) is 12.1 Å². The predicted molar refractivity (Wildman–Crippen MR) is 74.9 cm³/mol. The number of phenolic OH excluding ortho intramolecular Hbond substituents is 1. The van der Waals surface area contributed by atoms with Gasteiger partial charge in [-0.15, -0.1) is 0 Å². The molecule has 2 rings (SSSR count). The fourth-order valence-electron chi connectivity index (χ4n) is 1.70. The monoisotopic (exact) mass is 341 g/mol. The molecule has 6 heteroatoms. The highest BCUT2D eigenvalue weighted by Crippen LogP contribution is 2.26. The molecule has 0 fully saturated rings. The third-order valence-electron chi connectivity index (χ3n) is 2.73. The highest BCUT2D eigenvalue weighted by atomic mass is 79.9. The number of anilines is 1. The van der Waals surface area contributed by atoms with E-state index >= 15 is 0 Å². The van der Waals surface area contributed by atoms with E-state index < -0.39 is 28.9 Å². The van der Waals surface area contributed by atoms with Crippen molar-refractivity contribution in [2.75, 3.05) is 5.32 Å². The van der Waals surface area contributed by atoms with Crippen molar-refractivity contribution >= 4 is 27.5 Å². The molecular weight excluding hydrogens is 332 g/mol. The van der Waals surface area contributed by atoms with Gasteiger partial charge >= 0.3 is 0 Å². The van der Waals surface area contributed by atoms with Gasteiger partial charge in [0.15, 0.2) is 0 Å². The number of rotatable bonds is 2. The topological polar surface area (TPSA) is 49.3 Å². The van der Waals surface area contributed by atoms with E-state index in [4.69, 9.17) is 0 Å². The first-order valence-corrected chi connectivity index (χ1v) is 6.44. The van der Waals surface area contributed by atoms with Gasteiger partial charge in [-0.1, -0.05) is 6.07 Å². The summed E-state index contributed by atoms with van der Waals surface area (Å²) < 4.78 is 27.3. The van der Waals surface area contributed by atoms with Gasteiger partial charge in [-0.05, 0) is 52.7 Å². The van der Waals surface area contributed by atoms with Gasteiger partial charge in [0.1, 0.15) is 22.9 Å². The molecule has 2 aromatic rings. The summed E-state index contributed by atoms with van der Waals surface area (Å²) in [6.45, 7) is 1.67. The zero-order valence-corrected chi connectivity index (χ0v) is 12.0. The van der Waals surface area contributed by atoms with Crippen molar-refractivity contribution in [3.05, 3.63) is 57.6 Å². The average Bonchev–Trinajstić information content (AvgIpc) is 2.35. The molecule has 0 saturated carbocycles. The number of amides is 1. The number of benzene rings is 2. The molecule has 0 aliphatic rings. The zero-order valence-electron chi connectivity index (χ0n) is 10.4. The second-order valence-corrected chi connectivity index (χ2v) is 5.02. The summed E-state index contributed by atoms with van der Waals surface area (Å²) in [7, 11) is 0. The zero-order chi connectivity index (χ0) is 14.9. The van der Waals surface area contributed by atoms with Gasteiger partial charge in [-0.3, -0.25) is 4.79 Å². The van der Waals surface area contributed by atoms with E-state index in [-0.39, 0.29) is 10.2 Å². The largest absolute Gasteiger partial charge is 0.507 e. The SMILES string of the molecule is Cc1cc(Br)c(F)cc1NC(=O)c1c(O)cccc1F. The summed E-state index contributed by atoms with van der Waals surface area (Å²) in [6.07, 6.45) is 0. The molecule has 104 valence electrons. The van der Waals surface area contributed by atoms with Crippen LogP contribution in [0, 0.1) is 18.6 Å². The molecule has 20 heavy (non-hydrogen) atoms. The molecule has 0 aliphatic heterocycles. The predicted octanol–water partition coefficient (Wildman–Crippen LogP) is 3.99. The molecular formula is C14H10BrF2NO2. The number of nitrogens with one attached hydrogen (secondary N) is 1. The van der Waals surface area contributed by atoms with Crippen molar-refractivity contribution in [3.8, 4) is 5.75 Å².